The number of para-hydroxylation sites is 1. The molecule has 1 aromatic carbocycles. The number of fused-ring (bicyclic) bond motifs is 1. The van der Waals surface area contributed by atoms with E-state index in [1.165, 1.54) is 0 Å². The number of rotatable bonds is 3. The monoisotopic (exact) mass is 246 g/mol. The fourth-order valence-electron chi connectivity index (χ4n) is 2.09. The van der Waals surface area contributed by atoms with Crippen molar-refractivity contribution in [1.82, 2.24) is 9.88 Å². The number of aryl methyl sites for hydroxylation is 2. The van der Waals surface area contributed by atoms with Crippen LogP contribution in [0.5, 0.6) is 0 Å². The molecule has 0 saturated heterocycles. The Morgan fingerprint density at radius 2 is 2.11 bits per heavy atom. The van der Waals surface area contributed by atoms with Gasteiger partial charge in [0, 0.05) is 12.4 Å². The Hall–Kier alpha value is -2.30. The van der Waals surface area contributed by atoms with Gasteiger partial charge in [-0.05, 0) is 18.6 Å². The topological polar surface area (TPSA) is 71.3 Å². The van der Waals surface area contributed by atoms with Crippen LogP contribution < -0.4 is 5.32 Å². The van der Waals surface area contributed by atoms with Crippen LogP contribution in [0, 0.1) is 6.92 Å². The molecule has 2 rings (SSSR count). The molecule has 0 aliphatic rings. The molecule has 18 heavy (non-hydrogen) atoms. The number of benzene rings is 1. The minimum Gasteiger partial charge on any atom is -0.480 e. The zero-order valence-electron chi connectivity index (χ0n) is 10.2. The van der Waals surface area contributed by atoms with Crippen molar-refractivity contribution >= 4 is 22.8 Å². The van der Waals surface area contributed by atoms with Crippen molar-refractivity contribution in [3.8, 4) is 0 Å². The Labute approximate surface area is 104 Å². The van der Waals surface area contributed by atoms with E-state index in [0.29, 0.717) is 5.69 Å². The SMILES string of the molecule is Cc1cccc2cc(C(=O)NCC(=O)O)n(C)c12. The van der Waals surface area contributed by atoms with Gasteiger partial charge >= 0.3 is 5.97 Å². The largest absolute Gasteiger partial charge is 0.480 e. The third-order valence-electron chi connectivity index (χ3n) is 2.89. The van der Waals surface area contributed by atoms with Gasteiger partial charge in [0.25, 0.3) is 5.91 Å². The number of nitrogens with zero attached hydrogens (tertiary/aromatic N) is 1. The smallest absolute Gasteiger partial charge is 0.322 e. The summed E-state index contributed by atoms with van der Waals surface area (Å²) < 4.78 is 1.78. The van der Waals surface area contributed by atoms with Crippen molar-refractivity contribution in [3.63, 3.8) is 0 Å². The number of carbonyl (C=O) groups is 2. The highest BCUT2D eigenvalue weighted by atomic mass is 16.4. The van der Waals surface area contributed by atoms with Crippen molar-refractivity contribution < 1.29 is 14.7 Å². The predicted octanol–water partition coefficient (Wildman–Crippen LogP) is 1.30. The lowest BCUT2D eigenvalue weighted by Crippen LogP contribution is -2.30. The Morgan fingerprint density at radius 1 is 1.39 bits per heavy atom. The highest BCUT2D eigenvalue weighted by Crippen LogP contribution is 2.21. The normalized spacial score (nSPS) is 10.6. The third kappa shape index (κ3) is 2.07. The number of amides is 1. The van der Waals surface area contributed by atoms with Crippen LogP contribution in [-0.2, 0) is 11.8 Å². The number of hydrogen-bond donors (Lipinski definition) is 2. The maximum absolute atomic E-state index is 11.9. The van der Waals surface area contributed by atoms with Gasteiger partial charge in [0.05, 0.1) is 5.52 Å². The van der Waals surface area contributed by atoms with Crippen LogP contribution in [0.3, 0.4) is 0 Å². The van der Waals surface area contributed by atoms with Gasteiger partial charge in [-0.25, -0.2) is 0 Å². The van der Waals surface area contributed by atoms with Gasteiger partial charge in [-0.2, -0.15) is 0 Å². The molecule has 5 heteroatoms. The summed E-state index contributed by atoms with van der Waals surface area (Å²) in [5.74, 6) is -1.44. The molecule has 1 aromatic heterocycles. The lowest BCUT2D eigenvalue weighted by molar-refractivity contribution is -0.135. The molecule has 1 heterocycles. The van der Waals surface area contributed by atoms with Crippen LogP contribution in [0.15, 0.2) is 24.3 Å². The molecular formula is C13H14N2O3. The first-order chi connectivity index (χ1) is 8.50. The Bertz CT molecular complexity index is 628. The molecule has 0 aliphatic heterocycles. The maximum Gasteiger partial charge on any atom is 0.322 e. The van der Waals surface area contributed by atoms with Gasteiger partial charge in [0.15, 0.2) is 0 Å². The second kappa shape index (κ2) is 4.52. The van der Waals surface area contributed by atoms with E-state index in [0.717, 1.165) is 16.5 Å². The molecule has 0 aliphatic carbocycles. The number of aromatic nitrogens is 1. The molecule has 1 amide bonds. The summed E-state index contributed by atoms with van der Waals surface area (Å²) in [6, 6.07) is 7.59. The van der Waals surface area contributed by atoms with Crippen LogP contribution in [0.1, 0.15) is 16.1 Å². The molecule has 5 nitrogen and oxygen atoms in total. The van der Waals surface area contributed by atoms with E-state index in [1.807, 2.05) is 25.1 Å². The predicted molar refractivity (Wildman–Crippen MR) is 67.6 cm³/mol. The minimum atomic E-state index is -1.06. The van der Waals surface area contributed by atoms with Gasteiger partial charge in [-0.3, -0.25) is 9.59 Å². The van der Waals surface area contributed by atoms with Crippen LogP contribution >= 0.6 is 0 Å². The van der Waals surface area contributed by atoms with Crippen molar-refractivity contribution in [2.45, 2.75) is 6.92 Å². The van der Waals surface area contributed by atoms with Crippen LogP contribution in [0.2, 0.25) is 0 Å². The summed E-state index contributed by atoms with van der Waals surface area (Å²) >= 11 is 0. The number of hydrogen-bond acceptors (Lipinski definition) is 2. The van der Waals surface area contributed by atoms with E-state index in [9.17, 15) is 9.59 Å². The first-order valence-corrected chi connectivity index (χ1v) is 5.55. The standard InChI is InChI=1S/C13H14N2O3/c1-8-4-3-5-9-6-10(15(2)12(8)9)13(18)14-7-11(16)17/h3-6H,7H2,1-2H3,(H,14,18)(H,16,17). The number of carboxylic acids is 1. The summed E-state index contributed by atoms with van der Waals surface area (Å²) in [7, 11) is 1.80. The van der Waals surface area contributed by atoms with Gasteiger partial charge < -0.3 is 15.0 Å². The van der Waals surface area contributed by atoms with Crippen molar-refractivity contribution in [2.75, 3.05) is 6.54 Å². The molecule has 0 atom stereocenters. The van der Waals surface area contributed by atoms with Gasteiger partial charge in [0.1, 0.15) is 12.2 Å². The third-order valence-corrected chi connectivity index (χ3v) is 2.89. The Morgan fingerprint density at radius 3 is 2.72 bits per heavy atom. The molecular weight excluding hydrogens is 232 g/mol. The first-order valence-electron chi connectivity index (χ1n) is 5.55. The molecule has 0 spiro atoms. The Kier molecular flexibility index (Phi) is 3.06. The average Bonchev–Trinajstić information content (AvgIpc) is 2.65. The zero-order chi connectivity index (χ0) is 13.3. The highest BCUT2D eigenvalue weighted by molar-refractivity contribution is 6.00. The summed E-state index contributed by atoms with van der Waals surface area (Å²) in [5, 5.41) is 11.9. The second-order valence-electron chi connectivity index (χ2n) is 4.18. The number of aliphatic carboxylic acids is 1. The molecule has 0 unspecified atom stereocenters. The fraction of sp³-hybridized carbons (Fsp3) is 0.231. The number of nitrogens with one attached hydrogen (secondary N) is 1. The van der Waals surface area contributed by atoms with E-state index in [1.54, 1.807) is 17.7 Å². The maximum atomic E-state index is 11.9. The Balaban J connectivity index is 2.40. The van der Waals surface area contributed by atoms with Crippen LogP contribution in [-0.4, -0.2) is 28.1 Å². The summed E-state index contributed by atoms with van der Waals surface area (Å²) in [5.41, 5.74) is 2.52. The van der Waals surface area contributed by atoms with Crippen molar-refractivity contribution in [1.29, 1.82) is 0 Å². The quantitative estimate of drug-likeness (QED) is 0.857. The molecule has 2 N–H and O–H groups in total. The van der Waals surface area contributed by atoms with Gasteiger partial charge in [-0.1, -0.05) is 18.2 Å². The van der Waals surface area contributed by atoms with E-state index >= 15 is 0 Å². The van der Waals surface area contributed by atoms with Crippen molar-refractivity contribution in [2.24, 2.45) is 7.05 Å². The first kappa shape index (κ1) is 12.2. The van der Waals surface area contributed by atoms with Crippen LogP contribution in [0.25, 0.3) is 10.9 Å². The lowest BCUT2D eigenvalue weighted by atomic mass is 10.2. The molecule has 2 aromatic rings. The van der Waals surface area contributed by atoms with E-state index in [2.05, 4.69) is 5.32 Å². The summed E-state index contributed by atoms with van der Waals surface area (Å²) in [6.07, 6.45) is 0. The molecule has 0 saturated carbocycles. The number of carbonyl (C=O) groups excluding carboxylic acids is 1. The molecule has 0 bridgehead atoms. The minimum absolute atomic E-state index is 0.376. The summed E-state index contributed by atoms with van der Waals surface area (Å²) in [4.78, 5) is 22.3. The van der Waals surface area contributed by atoms with Crippen LogP contribution in [0.4, 0.5) is 0 Å². The molecule has 94 valence electrons. The van der Waals surface area contributed by atoms with E-state index < -0.39 is 5.97 Å². The number of carboxylic acid groups (broad SMARTS) is 1. The lowest BCUT2D eigenvalue weighted by Gasteiger charge is -2.05. The van der Waals surface area contributed by atoms with E-state index in [-0.39, 0.29) is 12.5 Å². The van der Waals surface area contributed by atoms with Crippen molar-refractivity contribution in [3.05, 3.63) is 35.5 Å². The average molecular weight is 246 g/mol. The van der Waals surface area contributed by atoms with Gasteiger partial charge in [-0.15, -0.1) is 0 Å². The summed E-state index contributed by atoms with van der Waals surface area (Å²) in [6.45, 7) is 1.60. The molecule has 0 fully saturated rings. The highest BCUT2D eigenvalue weighted by Gasteiger charge is 2.14. The van der Waals surface area contributed by atoms with Gasteiger partial charge in [0.2, 0.25) is 0 Å². The van der Waals surface area contributed by atoms with E-state index in [4.69, 9.17) is 5.11 Å². The zero-order valence-corrected chi connectivity index (χ0v) is 10.2. The molecule has 0 radical (unpaired) electrons. The fourth-order valence-corrected chi connectivity index (χ4v) is 2.09. The second-order valence-corrected chi connectivity index (χ2v) is 4.18.